The van der Waals surface area contributed by atoms with Crippen molar-refractivity contribution in [3.63, 3.8) is 0 Å². The van der Waals surface area contributed by atoms with Crippen molar-refractivity contribution in [2.45, 2.75) is 85.5 Å². The Labute approximate surface area is 266 Å². The van der Waals surface area contributed by atoms with Crippen LogP contribution in [-0.4, -0.2) is 109 Å². The molecule has 0 radical (unpaired) electrons. The third-order valence-electron chi connectivity index (χ3n) is 4.24. The van der Waals surface area contributed by atoms with Crippen molar-refractivity contribution >= 4 is 0 Å². The molecule has 0 bridgehead atoms. The lowest BCUT2D eigenvalue weighted by molar-refractivity contribution is -0.597. The molecule has 0 amide bonds. The average Bonchev–Trinajstić information content (AvgIpc) is 2.83. The quantitative estimate of drug-likeness (QED) is 0.108. The smallest absolute Gasteiger partial charge is 0.387 e. The monoisotopic (exact) mass is 874 g/mol. The zero-order chi connectivity index (χ0) is 43.4. The van der Waals surface area contributed by atoms with Crippen molar-refractivity contribution in [3.05, 3.63) is 0 Å². The van der Waals surface area contributed by atoms with E-state index in [1.54, 1.807) is 9.47 Å². The van der Waals surface area contributed by atoms with Crippen molar-refractivity contribution < 1.29 is 166 Å². The van der Waals surface area contributed by atoms with Crippen LogP contribution in [0.25, 0.3) is 0 Å². The Kier molecular flexibility index (Phi) is 13.7. The summed E-state index contributed by atoms with van der Waals surface area (Å²) >= 11 is 0. The maximum Gasteiger partial charge on any atom is 0.453 e. The van der Waals surface area contributed by atoms with Gasteiger partial charge in [-0.05, 0) is 0 Å². The maximum atomic E-state index is 13.5. The molecule has 0 fully saturated rings. The van der Waals surface area contributed by atoms with Crippen LogP contribution >= 0.6 is 0 Å². The van der Waals surface area contributed by atoms with Gasteiger partial charge >= 0.3 is 85.5 Å². The first-order valence-corrected chi connectivity index (χ1v) is 11.0. The van der Waals surface area contributed by atoms with Gasteiger partial charge in [0.1, 0.15) is 13.2 Å². The maximum absolute atomic E-state index is 13.5. The van der Waals surface area contributed by atoms with Crippen molar-refractivity contribution in [1.29, 1.82) is 0 Å². The Bertz CT molecular complexity index is 1140. The topological polar surface area (TPSA) is 105 Å². The van der Waals surface area contributed by atoms with Crippen LogP contribution < -0.4 is 0 Å². The third kappa shape index (κ3) is 11.4. The van der Waals surface area contributed by atoms with Gasteiger partial charge in [-0.3, -0.25) is 0 Å². The number of ether oxygens (including phenoxy) is 7. The summed E-state index contributed by atoms with van der Waals surface area (Å²) in [7, 11) is 0. The van der Waals surface area contributed by atoms with Crippen LogP contribution in [0.3, 0.4) is 0 Å². The molecule has 0 aromatic heterocycles. The number of aliphatic hydroxyl groups is 2. The summed E-state index contributed by atoms with van der Waals surface area (Å²) in [4.78, 5) is 0. The van der Waals surface area contributed by atoms with E-state index in [1.165, 1.54) is 9.47 Å². The second kappa shape index (κ2) is 14.3. The van der Waals surface area contributed by atoms with Gasteiger partial charge in [-0.25, -0.2) is 33.2 Å². The Morgan fingerprint density at radius 1 is 0.208 bits per heavy atom. The van der Waals surface area contributed by atoms with Crippen LogP contribution in [0.4, 0.5) is 123 Å². The van der Waals surface area contributed by atoms with E-state index in [9.17, 15) is 123 Å². The molecule has 0 unspecified atom stereocenters. The van der Waals surface area contributed by atoms with Crippen LogP contribution in [0, 0.1) is 0 Å². The van der Waals surface area contributed by atoms with Gasteiger partial charge in [0.15, 0.2) is 0 Å². The fourth-order valence-corrected chi connectivity index (χ4v) is 1.96. The molecule has 0 aliphatic rings. The SMILES string of the molecule is OCC(F)(F)OC(F)(F)C(F)(F)OC(F)(F)C(F)(F)OC(F)(F)C(F)(F)OC(F)(F)C(F)(F)OC(F)(F)C(F)(F)OC(F)(F)C(F)(F)OC(F)(F)CO. The van der Waals surface area contributed by atoms with Gasteiger partial charge in [0.25, 0.3) is 0 Å². The number of hydrogen-bond acceptors (Lipinski definition) is 9. The largest absolute Gasteiger partial charge is 0.453 e. The highest BCUT2D eigenvalue weighted by Gasteiger charge is 2.81. The fourth-order valence-electron chi connectivity index (χ4n) is 1.96. The molecule has 0 aromatic carbocycles. The number of rotatable bonds is 22. The van der Waals surface area contributed by atoms with Gasteiger partial charge in [-0.15, -0.1) is 0 Å². The molecule has 0 saturated carbocycles. The average molecular weight is 874 g/mol. The first-order valence-electron chi connectivity index (χ1n) is 11.0. The molecule has 0 rings (SSSR count). The predicted molar refractivity (Wildman–Crippen MR) is 91.0 cm³/mol. The molecule has 9 nitrogen and oxygen atoms in total. The summed E-state index contributed by atoms with van der Waals surface area (Å²) < 4.78 is 379. The van der Waals surface area contributed by atoms with Gasteiger partial charge < -0.3 is 10.2 Å². The molecule has 0 saturated heterocycles. The number of halogens is 28. The lowest BCUT2D eigenvalue weighted by atomic mass is 10.4. The summed E-state index contributed by atoms with van der Waals surface area (Å²) in [6, 6.07) is 0. The fraction of sp³-hybridized carbons (Fsp3) is 1.00. The predicted octanol–water partition coefficient (Wildman–Crippen LogP) is 7.39. The highest BCUT2D eigenvalue weighted by Crippen LogP contribution is 2.54. The van der Waals surface area contributed by atoms with E-state index < -0.39 is 98.7 Å². The molecule has 320 valence electrons. The van der Waals surface area contributed by atoms with E-state index in [2.05, 4.69) is 0 Å². The van der Waals surface area contributed by atoms with Crippen LogP contribution in [0.15, 0.2) is 0 Å². The van der Waals surface area contributed by atoms with E-state index >= 15 is 0 Å². The Balaban J connectivity index is 6.34. The summed E-state index contributed by atoms with van der Waals surface area (Å²) in [6.45, 7) is -6.09. The minimum absolute atomic E-state index is 1.07. The Morgan fingerprint density at radius 2 is 0.302 bits per heavy atom. The van der Waals surface area contributed by atoms with Crippen LogP contribution in [0.5, 0.6) is 0 Å². The Morgan fingerprint density at radius 3 is 0.396 bits per heavy atom. The number of alkyl halides is 28. The molecular weight excluding hydrogens is 868 g/mol. The second-order valence-corrected chi connectivity index (χ2v) is 8.51. The normalized spacial score (nSPS) is 16.4. The van der Waals surface area contributed by atoms with Crippen molar-refractivity contribution in [2.24, 2.45) is 0 Å². The molecule has 0 aliphatic heterocycles. The van der Waals surface area contributed by atoms with Crippen LogP contribution in [0.2, 0.25) is 0 Å². The summed E-state index contributed by atoms with van der Waals surface area (Å²) in [5.74, 6) is 0. The lowest BCUT2D eigenvalue weighted by Gasteiger charge is -2.37. The molecule has 2 N–H and O–H groups in total. The van der Waals surface area contributed by atoms with Crippen molar-refractivity contribution in [2.75, 3.05) is 13.2 Å². The molecule has 0 atom stereocenters. The molecule has 53 heavy (non-hydrogen) atoms. The minimum atomic E-state index is -8.33. The van der Waals surface area contributed by atoms with Gasteiger partial charge in [0, 0.05) is 0 Å². The summed E-state index contributed by atoms with van der Waals surface area (Å²) in [5, 5.41) is 15.8. The van der Waals surface area contributed by atoms with Crippen LogP contribution in [0.1, 0.15) is 0 Å². The molecule has 0 spiro atoms. The van der Waals surface area contributed by atoms with Crippen molar-refractivity contribution in [1.82, 2.24) is 0 Å². The third-order valence-corrected chi connectivity index (χ3v) is 4.24. The van der Waals surface area contributed by atoms with E-state index in [-0.39, 0.29) is 0 Å². The van der Waals surface area contributed by atoms with Crippen LogP contribution in [-0.2, 0) is 33.2 Å². The summed E-state index contributed by atoms with van der Waals surface area (Å²) in [6.07, 6.45) is -108. The zero-order valence-corrected chi connectivity index (χ0v) is 22.7. The zero-order valence-electron chi connectivity index (χ0n) is 22.7. The second-order valence-electron chi connectivity index (χ2n) is 8.51. The molecule has 0 aromatic rings. The highest BCUT2D eigenvalue weighted by atomic mass is 19.4. The molecule has 0 heterocycles. The summed E-state index contributed by atoms with van der Waals surface area (Å²) in [5.41, 5.74) is 0. The standard InChI is InChI=1S/C16H6F28O9/c17-3(18,1-45)47-5(21,22)7(25,26)49-9(29,30)11(33,34)51-13(37,38)15(41,42)53-16(43,44)14(39,40)52-12(35,36)10(31,32)50-8(27,28)6(23,24)48-4(19,20)2-46/h45-46H,1-2H2. The van der Waals surface area contributed by atoms with Gasteiger partial charge in [0.2, 0.25) is 0 Å². The molecule has 0 aliphatic carbocycles. The number of aliphatic hydroxyl groups excluding tert-OH is 2. The van der Waals surface area contributed by atoms with E-state index in [0.717, 1.165) is 14.2 Å². The number of hydrogen-bond donors (Lipinski definition) is 2. The van der Waals surface area contributed by atoms with Crippen molar-refractivity contribution in [3.8, 4) is 0 Å². The molecule has 37 heteroatoms. The van der Waals surface area contributed by atoms with Gasteiger partial charge in [-0.2, -0.15) is 123 Å². The van der Waals surface area contributed by atoms with E-state index in [0.29, 0.717) is 0 Å². The van der Waals surface area contributed by atoms with E-state index in [4.69, 9.17) is 10.2 Å². The van der Waals surface area contributed by atoms with Gasteiger partial charge in [-0.1, -0.05) is 0 Å². The first-order chi connectivity index (χ1) is 22.6. The lowest BCUT2D eigenvalue weighted by Crippen LogP contribution is -2.62. The van der Waals surface area contributed by atoms with E-state index in [1.807, 2.05) is 0 Å². The highest BCUT2D eigenvalue weighted by molar-refractivity contribution is 4.82. The Hall–Kier alpha value is -2.32. The minimum Gasteiger partial charge on any atom is -0.387 e. The first kappa shape index (κ1) is 50.7. The van der Waals surface area contributed by atoms with Gasteiger partial charge in [0.05, 0.1) is 0 Å². The molecular formula is C16H6F28O9.